The number of esters is 1. The summed E-state index contributed by atoms with van der Waals surface area (Å²) in [5, 5.41) is 0. The minimum Gasteiger partial charge on any atom is -0.468 e. The van der Waals surface area contributed by atoms with E-state index in [2.05, 4.69) is 4.74 Å². The van der Waals surface area contributed by atoms with Crippen LogP contribution < -0.4 is 0 Å². The van der Waals surface area contributed by atoms with Crippen molar-refractivity contribution in [3.05, 3.63) is 0 Å². The van der Waals surface area contributed by atoms with Crippen LogP contribution in [0.4, 0.5) is 0 Å². The van der Waals surface area contributed by atoms with Gasteiger partial charge in [0.25, 0.3) is 0 Å². The molecule has 0 rings (SSSR count). The second-order valence-electron chi connectivity index (χ2n) is 2.52. The van der Waals surface area contributed by atoms with Crippen LogP contribution in [0.15, 0.2) is 0 Å². The molecule has 3 nitrogen and oxygen atoms in total. The maximum absolute atomic E-state index is 11.1. The van der Waals surface area contributed by atoms with Gasteiger partial charge in [-0.25, -0.2) is 0 Å². The molecule has 0 amide bonds. The molecule has 0 N–H and O–H groups in total. The summed E-state index contributed by atoms with van der Waals surface area (Å²) in [5.41, 5.74) is 0. The molecule has 0 aromatic heterocycles. The maximum Gasteiger partial charge on any atom is 0.323 e. The molecule has 0 saturated carbocycles. The first-order valence-corrected chi connectivity index (χ1v) is 3.95. The summed E-state index contributed by atoms with van der Waals surface area (Å²) in [6.07, 6.45) is 0.803. The lowest BCUT2D eigenvalue weighted by atomic mass is 10.2. The molecule has 0 aliphatic heterocycles. The summed E-state index contributed by atoms with van der Waals surface area (Å²) in [5.74, 6) is -0.142. The Morgan fingerprint density at radius 1 is 1.55 bits per heavy atom. The van der Waals surface area contributed by atoms with Gasteiger partial charge in [-0.2, -0.15) is 0 Å². The molecular weight excluding hydrogens is 142 g/mol. The molecule has 0 fully saturated rings. The second-order valence-corrected chi connectivity index (χ2v) is 2.52. The third kappa shape index (κ3) is 2.89. The number of nitrogens with zero attached hydrogens (tertiary/aromatic N) is 1. The van der Waals surface area contributed by atoms with Crippen LogP contribution in [0.3, 0.4) is 0 Å². The van der Waals surface area contributed by atoms with Crippen molar-refractivity contribution in [2.75, 3.05) is 20.7 Å². The highest BCUT2D eigenvalue weighted by Crippen LogP contribution is 2.02. The largest absolute Gasteiger partial charge is 0.468 e. The number of rotatable bonds is 4. The standard InChI is InChI=1S/C8H17NO2/c1-5-7(8(10)11-4)9(3)6-2/h7H,5-6H2,1-4H3. The van der Waals surface area contributed by atoms with E-state index < -0.39 is 0 Å². The molecule has 0 radical (unpaired) electrons. The fraction of sp³-hybridized carbons (Fsp3) is 0.875. The maximum atomic E-state index is 11.1. The van der Waals surface area contributed by atoms with Crippen LogP contribution >= 0.6 is 0 Å². The normalized spacial score (nSPS) is 13.2. The fourth-order valence-electron chi connectivity index (χ4n) is 1.01. The molecule has 0 aromatic carbocycles. The van der Waals surface area contributed by atoms with Gasteiger partial charge < -0.3 is 4.74 Å². The third-order valence-electron chi connectivity index (χ3n) is 1.89. The Hall–Kier alpha value is -0.570. The van der Waals surface area contributed by atoms with Gasteiger partial charge in [0.05, 0.1) is 7.11 Å². The Balaban J connectivity index is 4.03. The monoisotopic (exact) mass is 159 g/mol. The lowest BCUT2D eigenvalue weighted by molar-refractivity contribution is -0.146. The smallest absolute Gasteiger partial charge is 0.323 e. The van der Waals surface area contributed by atoms with Crippen molar-refractivity contribution in [2.45, 2.75) is 26.3 Å². The first-order valence-electron chi connectivity index (χ1n) is 3.95. The number of hydrogen-bond acceptors (Lipinski definition) is 3. The number of likely N-dealkylation sites (N-methyl/N-ethyl adjacent to an activating group) is 1. The lowest BCUT2D eigenvalue weighted by Gasteiger charge is -2.22. The van der Waals surface area contributed by atoms with Crippen LogP contribution in [0, 0.1) is 0 Å². The van der Waals surface area contributed by atoms with Crippen molar-refractivity contribution in [1.29, 1.82) is 0 Å². The van der Waals surface area contributed by atoms with E-state index in [1.54, 1.807) is 0 Å². The van der Waals surface area contributed by atoms with Crippen LogP contribution in [-0.2, 0) is 9.53 Å². The molecule has 1 atom stereocenters. The van der Waals surface area contributed by atoms with Crippen LogP contribution in [0.1, 0.15) is 20.3 Å². The molecule has 0 aliphatic rings. The first kappa shape index (κ1) is 10.4. The minimum atomic E-state index is -0.142. The second kappa shape index (κ2) is 5.13. The quantitative estimate of drug-likeness (QED) is 0.570. The predicted octanol–water partition coefficient (Wildman–Crippen LogP) is 0.890. The lowest BCUT2D eigenvalue weighted by Crippen LogP contribution is -2.38. The first-order chi connectivity index (χ1) is 5.17. The Labute approximate surface area is 68.3 Å². The molecular formula is C8H17NO2. The molecule has 3 heteroatoms. The SMILES string of the molecule is CCC(C(=O)OC)N(C)CC. The molecule has 0 aliphatic carbocycles. The van der Waals surface area contributed by atoms with Gasteiger partial charge in [-0.15, -0.1) is 0 Å². The summed E-state index contributed by atoms with van der Waals surface area (Å²) in [4.78, 5) is 13.1. The van der Waals surface area contributed by atoms with Gasteiger partial charge >= 0.3 is 5.97 Å². The highest BCUT2D eigenvalue weighted by Gasteiger charge is 2.19. The zero-order valence-electron chi connectivity index (χ0n) is 7.76. The molecule has 0 bridgehead atoms. The third-order valence-corrected chi connectivity index (χ3v) is 1.89. The Morgan fingerprint density at radius 2 is 2.09 bits per heavy atom. The van der Waals surface area contributed by atoms with Crippen molar-refractivity contribution in [3.8, 4) is 0 Å². The van der Waals surface area contributed by atoms with Gasteiger partial charge in [-0.1, -0.05) is 13.8 Å². The molecule has 0 aromatic rings. The molecule has 0 spiro atoms. The zero-order chi connectivity index (χ0) is 8.85. The van der Waals surface area contributed by atoms with Crippen molar-refractivity contribution >= 4 is 5.97 Å². The van der Waals surface area contributed by atoms with E-state index in [4.69, 9.17) is 0 Å². The van der Waals surface area contributed by atoms with Gasteiger partial charge in [0.2, 0.25) is 0 Å². The highest BCUT2D eigenvalue weighted by atomic mass is 16.5. The summed E-state index contributed by atoms with van der Waals surface area (Å²) in [6.45, 7) is 4.87. The van der Waals surface area contributed by atoms with Crippen molar-refractivity contribution < 1.29 is 9.53 Å². The van der Waals surface area contributed by atoms with Crippen LogP contribution in [0.25, 0.3) is 0 Å². The Bertz CT molecular complexity index is 125. The number of carbonyl (C=O) groups is 1. The van der Waals surface area contributed by atoms with Crippen LogP contribution in [-0.4, -0.2) is 37.6 Å². The average Bonchev–Trinajstić information content (AvgIpc) is 2.05. The molecule has 0 saturated heterocycles. The van der Waals surface area contributed by atoms with Gasteiger partial charge in [-0.3, -0.25) is 9.69 Å². The van der Waals surface area contributed by atoms with E-state index in [1.807, 2.05) is 25.8 Å². The van der Waals surface area contributed by atoms with Gasteiger partial charge in [0, 0.05) is 0 Å². The minimum absolute atomic E-state index is 0.0787. The summed E-state index contributed by atoms with van der Waals surface area (Å²) in [6, 6.07) is -0.0787. The van der Waals surface area contributed by atoms with E-state index in [0.717, 1.165) is 13.0 Å². The van der Waals surface area contributed by atoms with E-state index in [0.29, 0.717) is 0 Å². The van der Waals surface area contributed by atoms with Crippen molar-refractivity contribution in [1.82, 2.24) is 4.90 Å². The molecule has 11 heavy (non-hydrogen) atoms. The predicted molar refractivity (Wildman–Crippen MR) is 44.4 cm³/mol. The molecule has 1 unspecified atom stereocenters. The average molecular weight is 159 g/mol. The Morgan fingerprint density at radius 3 is 2.36 bits per heavy atom. The highest BCUT2D eigenvalue weighted by molar-refractivity contribution is 5.75. The van der Waals surface area contributed by atoms with Crippen LogP contribution in [0.2, 0.25) is 0 Å². The topological polar surface area (TPSA) is 29.5 Å². The van der Waals surface area contributed by atoms with E-state index in [-0.39, 0.29) is 12.0 Å². The zero-order valence-corrected chi connectivity index (χ0v) is 7.76. The van der Waals surface area contributed by atoms with Gasteiger partial charge in [0.15, 0.2) is 0 Å². The molecule has 0 heterocycles. The van der Waals surface area contributed by atoms with Crippen molar-refractivity contribution in [2.24, 2.45) is 0 Å². The van der Waals surface area contributed by atoms with E-state index >= 15 is 0 Å². The molecule has 66 valence electrons. The summed E-state index contributed by atoms with van der Waals surface area (Å²) in [7, 11) is 3.35. The Kier molecular flexibility index (Phi) is 4.86. The summed E-state index contributed by atoms with van der Waals surface area (Å²) < 4.78 is 4.65. The van der Waals surface area contributed by atoms with Gasteiger partial charge in [0.1, 0.15) is 6.04 Å². The number of ether oxygens (including phenoxy) is 1. The van der Waals surface area contributed by atoms with Crippen LogP contribution in [0.5, 0.6) is 0 Å². The number of hydrogen-bond donors (Lipinski definition) is 0. The number of methoxy groups -OCH3 is 1. The van der Waals surface area contributed by atoms with Gasteiger partial charge in [-0.05, 0) is 20.0 Å². The van der Waals surface area contributed by atoms with Crippen molar-refractivity contribution in [3.63, 3.8) is 0 Å². The van der Waals surface area contributed by atoms with E-state index in [1.165, 1.54) is 7.11 Å². The fourth-order valence-corrected chi connectivity index (χ4v) is 1.01. The number of carbonyl (C=O) groups excluding carboxylic acids is 1. The van der Waals surface area contributed by atoms with E-state index in [9.17, 15) is 4.79 Å². The summed E-state index contributed by atoms with van der Waals surface area (Å²) >= 11 is 0.